The molecule has 3 atom stereocenters. The van der Waals surface area contributed by atoms with Gasteiger partial charge in [-0.2, -0.15) is 5.10 Å². The summed E-state index contributed by atoms with van der Waals surface area (Å²) in [4.78, 5) is 16.6. The van der Waals surface area contributed by atoms with Crippen LogP contribution >= 0.6 is 0 Å². The number of benzene rings is 1. The van der Waals surface area contributed by atoms with E-state index in [-0.39, 0.29) is 24.0 Å². The first-order valence-electron chi connectivity index (χ1n) is 9.54. The van der Waals surface area contributed by atoms with Crippen molar-refractivity contribution < 1.29 is 13.6 Å². The number of anilines is 1. The second kappa shape index (κ2) is 7.69. The maximum atomic E-state index is 13.4. The summed E-state index contributed by atoms with van der Waals surface area (Å²) in [6.07, 6.45) is 4.28. The van der Waals surface area contributed by atoms with Crippen LogP contribution in [0.15, 0.2) is 36.5 Å². The van der Waals surface area contributed by atoms with E-state index in [0.717, 1.165) is 43.3 Å². The number of likely N-dealkylation sites (N-methyl/N-ethyl adjacent to an activating group) is 1. The Hall–Kier alpha value is -2.77. The number of nitrogens with one attached hydrogen (secondary N) is 1. The van der Waals surface area contributed by atoms with Gasteiger partial charge in [-0.1, -0.05) is 6.07 Å². The molecule has 1 aliphatic heterocycles. The summed E-state index contributed by atoms with van der Waals surface area (Å²) in [7, 11) is 1.80. The maximum Gasteiger partial charge on any atom is 0.317 e. The number of nitrogens with zero attached hydrogens (tertiary/aromatic N) is 4. The summed E-state index contributed by atoms with van der Waals surface area (Å²) < 4.78 is 26.5. The molecule has 148 valence electrons. The zero-order valence-electron chi connectivity index (χ0n) is 15.7. The van der Waals surface area contributed by atoms with Crippen molar-refractivity contribution in [1.82, 2.24) is 20.4 Å². The van der Waals surface area contributed by atoms with Gasteiger partial charge in [-0.25, -0.2) is 13.6 Å². The molecule has 4 rings (SSSR count). The number of hydrogen-bond donors (Lipinski definition) is 1. The van der Waals surface area contributed by atoms with Crippen LogP contribution in [0.25, 0.3) is 0 Å². The van der Waals surface area contributed by atoms with E-state index < -0.39 is 11.6 Å². The van der Waals surface area contributed by atoms with Crippen LogP contribution in [0.4, 0.5) is 19.4 Å². The van der Waals surface area contributed by atoms with Crippen LogP contribution in [0.2, 0.25) is 0 Å². The molecule has 0 unspecified atom stereocenters. The molecule has 1 aliphatic carbocycles. The fourth-order valence-electron chi connectivity index (χ4n) is 3.83. The van der Waals surface area contributed by atoms with Gasteiger partial charge in [-0.3, -0.25) is 0 Å². The molecule has 0 spiro atoms. The third kappa shape index (κ3) is 3.90. The number of carbonyl (C=O) groups is 1. The summed E-state index contributed by atoms with van der Waals surface area (Å²) in [6, 6.07) is 7.61. The third-order valence-electron chi connectivity index (χ3n) is 5.62. The third-order valence-corrected chi connectivity index (χ3v) is 5.62. The van der Waals surface area contributed by atoms with E-state index in [2.05, 4.69) is 20.4 Å². The lowest BCUT2D eigenvalue weighted by Crippen LogP contribution is -2.52. The Morgan fingerprint density at radius 3 is 2.89 bits per heavy atom. The fraction of sp³-hybridized carbons (Fsp3) is 0.450. The van der Waals surface area contributed by atoms with Crippen molar-refractivity contribution in [2.24, 2.45) is 0 Å². The van der Waals surface area contributed by atoms with Gasteiger partial charge < -0.3 is 15.1 Å². The SMILES string of the molecule is CN(C(=O)N[C@H]1C[C@@H]1c1ccc(F)c(F)c1)[C@@H]1CCCN(c2cccnn2)C1. The lowest BCUT2D eigenvalue weighted by Gasteiger charge is -2.38. The molecule has 6 nitrogen and oxygen atoms in total. The minimum absolute atomic E-state index is 0.0369. The molecular formula is C20H23F2N5O. The van der Waals surface area contributed by atoms with Gasteiger partial charge in [-0.15, -0.1) is 5.10 Å². The Kier molecular flexibility index (Phi) is 5.11. The van der Waals surface area contributed by atoms with Gasteiger partial charge in [-0.05, 0) is 49.1 Å². The number of carbonyl (C=O) groups excluding carboxylic acids is 1. The van der Waals surface area contributed by atoms with E-state index in [1.807, 2.05) is 12.1 Å². The van der Waals surface area contributed by atoms with Crippen molar-refractivity contribution in [2.75, 3.05) is 25.0 Å². The topological polar surface area (TPSA) is 61.4 Å². The van der Waals surface area contributed by atoms with Crippen LogP contribution in [0.1, 0.15) is 30.7 Å². The predicted octanol–water partition coefficient (Wildman–Crippen LogP) is 2.92. The van der Waals surface area contributed by atoms with Crippen LogP contribution in [0.5, 0.6) is 0 Å². The zero-order valence-corrected chi connectivity index (χ0v) is 15.7. The van der Waals surface area contributed by atoms with Crippen LogP contribution in [0, 0.1) is 11.6 Å². The standard InChI is InChI=1S/C20H23F2N5O/c1-26(14-4-3-9-27(12-14)19-5-2-8-23-25-19)20(28)24-18-11-15(18)13-6-7-16(21)17(22)10-13/h2,5-8,10,14-15,18H,3-4,9,11-12H2,1H3,(H,24,28)/t14-,15-,18+/m1/s1. The minimum Gasteiger partial charge on any atom is -0.353 e. The number of hydrogen-bond acceptors (Lipinski definition) is 4. The first-order chi connectivity index (χ1) is 13.5. The maximum absolute atomic E-state index is 13.4. The number of aromatic nitrogens is 2. The van der Waals surface area contributed by atoms with E-state index in [1.54, 1.807) is 24.2 Å². The second-order valence-electron chi connectivity index (χ2n) is 7.51. The van der Waals surface area contributed by atoms with Gasteiger partial charge in [0.1, 0.15) is 0 Å². The smallest absolute Gasteiger partial charge is 0.317 e. The van der Waals surface area contributed by atoms with Crippen molar-refractivity contribution in [3.63, 3.8) is 0 Å². The molecule has 2 aromatic rings. The van der Waals surface area contributed by atoms with Gasteiger partial charge >= 0.3 is 6.03 Å². The van der Waals surface area contributed by atoms with Crippen LogP contribution in [-0.4, -0.2) is 53.3 Å². The first-order valence-corrected chi connectivity index (χ1v) is 9.54. The van der Waals surface area contributed by atoms with E-state index in [4.69, 9.17) is 0 Å². The summed E-state index contributed by atoms with van der Waals surface area (Å²) in [5, 5.41) is 11.1. The molecule has 1 N–H and O–H groups in total. The number of urea groups is 1. The molecule has 2 heterocycles. The van der Waals surface area contributed by atoms with Crippen molar-refractivity contribution in [2.45, 2.75) is 37.3 Å². The fourth-order valence-corrected chi connectivity index (χ4v) is 3.83. The lowest BCUT2D eigenvalue weighted by molar-refractivity contribution is 0.182. The summed E-state index contributed by atoms with van der Waals surface area (Å²) in [5.74, 6) is -0.843. The van der Waals surface area contributed by atoms with Crippen LogP contribution in [0.3, 0.4) is 0 Å². The summed E-state index contributed by atoms with van der Waals surface area (Å²) in [5.41, 5.74) is 0.721. The first kappa shape index (κ1) is 18.6. The van der Waals surface area contributed by atoms with Crippen LogP contribution < -0.4 is 10.2 Å². The second-order valence-corrected chi connectivity index (χ2v) is 7.51. The van der Waals surface area contributed by atoms with E-state index in [1.165, 1.54) is 6.07 Å². The largest absolute Gasteiger partial charge is 0.353 e. The van der Waals surface area contributed by atoms with Gasteiger partial charge in [0, 0.05) is 38.3 Å². The molecule has 1 saturated heterocycles. The molecule has 0 radical (unpaired) electrons. The Bertz CT molecular complexity index is 850. The highest BCUT2D eigenvalue weighted by Gasteiger charge is 2.41. The van der Waals surface area contributed by atoms with Crippen molar-refractivity contribution >= 4 is 11.8 Å². The van der Waals surface area contributed by atoms with E-state index in [0.29, 0.717) is 6.54 Å². The summed E-state index contributed by atoms with van der Waals surface area (Å²) >= 11 is 0. The van der Waals surface area contributed by atoms with Gasteiger partial charge in [0.25, 0.3) is 0 Å². The number of piperidine rings is 1. The molecule has 0 bridgehead atoms. The average Bonchev–Trinajstić information content (AvgIpc) is 3.49. The monoisotopic (exact) mass is 387 g/mol. The molecule has 1 aromatic heterocycles. The van der Waals surface area contributed by atoms with Gasteiger partial charge in [0.15, 0.2) is 17.5 Å². The predicted molar refractivity (Wildman–Crippen MR) is 101 cm³/mol. The normalized spacial score (nSPS) is 24.0. The molecule has 1 saturated carbocycles. The van der Waals surface area contributed by atoms with Crippen molar-refractivity contribution in [3.05, 3.63) is 53.7 Å². The molecule has 2 fully saturated rings. The highest BCUT2D eigenvalue weighted by Crippen LogP contribution is 2.41. The highest BCUT2D eigenvalue weighted by molar-refractivity contribution is 5.75. The Morgan fingerprint density at radius 2 is 2.14 bits per heavy atom. The Labute approximate surface area is 162 Å². The number of halogens is 2. The van der Waals surface area contributed by atoms with E-state index >= 15 is 0 Å². The Morgan fingerprint density at radius 1 is 1.29 bits per heavy atom. The minimum atomic E-state index is -0.852. The summed E-state index contributed by atoms with van der Waals surface area (Å²) in [6.45, 7) is 1.60. The zero-order chi connectivity index (χ0) is 19.7. The quantitative estimate of drug-likeness (QED) is 0.876. The highest BCUT2D eigenvalue weighted by atomic mass is 19.2. The van der Waals surface area contributed by atoms with Crippen molar-refractivity contribution in [3.8, 4) is 0 Å². The lowest BCUT2D eigenvalue weighted by atomic mass is 10.0. The molecule has 2 amide bonds. The molecule has 28 heavy (non-hydrogen) atoms. The molecule has 1 aromatic carbocycles. The molecule has 8 heteroatoms. The molecular weight excluding hydrogens is 364 g/mol. The number of amides is 2. The molecule has 2 aliphatic rings. The van der Waals surface area contributed by atoms with Crippen LogP contribution in [-0.2, 0) is 0 Å². The van der Waals surface area contributed by atoms with Gasteiger partial charge in [0.2, 0.25) is 0 Å². The van der Waals surface area contributed by atoms with Crippen molar-refractivity contribution in [1.29, 1.82) is 0 Å². The van der Waals surface area contributed by atoms with E-state index in [9.17, 15) is 13.6 Å². The number of rotatable bonds is 4. The Balaban J connectivity index is 1.33. The average molecular weight is 387 g/mol. The van der Waals surface area contributed by atoms with Gasteiger partial charge in [0.05, 0.1) is 6.04 Å².